The Bertz CT molecular complexity index is 625. The molecule has 1 heterocycles. The van der Waals surface area contributed by atoms with Crippen LogP contribution in [0.25, 0.3) is 0 Å². The van der Waals surface area contributed by atoms with Crippen LogP contribution in [0.4, 0.5) is 17.6 Å². The Balaban J connectivity index is 2.36. The van der Waals surface area contributed by atoms with Gasteiger partial charge < -0.3 is 0 Å². The van der Waals surface area contributed by atoms with Gasteiger partial charge in [-0.2, -0.15) is 0 Å². The summed E-state index contributed by atoms with van der Waals surface area (Å²) in [4.78, 5) is 3.90. The van der Waals surface area contributed by atoms with Gasteiger partial charge in [-0.05, 0) is 18.6 Å². The van der Waals surface area contributed by atoms with E-state index in [0.29, 0.717) is 11.8 Å². The minimum atomic E-state index is -3.81. The molecule has 0 saturated heterocycles. The van der Waals surface area contributed by atoms with E-state index >= 15 is 8.78 Å². The molecule has 0 radical (unpaired) electrons. The van der Waals surface area contributed by atoms with Crippen LogP contribution in [0, 0.1) is 11.3 Å². The second kappa shape index (κ2) is 6.77. The highest BCUT2D eigenvalue weighted by molar-refractivity contribution is 8.03. The van der Waals surface area contributed by atoms with E-state index in [4.69, 9.17) is 46.4 Å². The maximum atomic E-state index is 15.2. The summed E-state index contributed by atoms with van der Waals surface area (Å²) in [6.45, 7) is 2.19. The Morgan fingerprint density at radius 2 is 1.80 bits per heavy atom. The zero-order chi connectivity index (χ0) is 19.3. The van der Waals surface area contributed by atoms with Crippen LogP contribution >= 0.6 is 58.2 Å². The second-order valence-electron chi connectivity index (χ2n) is 6.50. The van der Waals surface area contributed by atoms with Gasteiger partial charge in [0, 0.05) is 24.0 Å². The molecule has 1 fully saturated rings. The molecular weight excluding hydrogens is 444 g/mol. The molecule has 2 rings (SSSR count). The summed E-state index contributed by atoms with van der Waals surface area (Å²) in [5.41, 5.74) is -2.11. The van der Waals surface area contributed by atoms with Gasteiger partial charge in [0.05, 0.1) is 5.03 Å². The molecule has 1 nitrogen and oxygen atoms in total. The number of aromatic nitrogens is 1. The Morgan fingerprint density at radius 1 is 1.20 bits per heavy atom. The van der Waals surface area contributed by atoms with Crippen LogP contribution in [-0.2, 0) is 0 Å². The lowest BCUT2D eigenvalue weighted by atomic mass is 9.72. The molecule has 1 aliphatic carbocycles. The zero-order valence-corrected chi connectivity index (χ0v) is 17.0. The van der Waals surface area contributed by atoms with Crippen molar-refractivity contribution in [2.24, 2.45) is 11.3 Å². The van der Waals surface area contributed by atoms with Gasteiger partial charge in [-0.1, -0.05) is 78.1 Å². The van der Waals surface area contributed by atoms with E-state index < -0.39 is 37.6 Å². The van der Waals surface area contributed by atoms with Crippen LogP contribution in [-0.4, -0.2) is 24.8 Å². The van der Waals surface area contributed by atoms with E-state index in [-0.39, 0.29) is 11.4 Å². The van der Waals surface area contributed by atoms with Crippen molar-refractivity contribution >= 4 is 58.2 Å². The first-order valence-corrected chi connectivity index (χ1v) is 9.61. The molecule has 0 N–H and O–H groups in total. The fraction of sp³-hybridized carbons (Fsp3) is 0.667. The molecule has 25 heavy (non-hydrogen) atoms. The van der Waals surface area contributed by atoms with E-state index in [9.17, 15) is 8.78 Å². The van der Waals surface area contributed by atoms with Crippen LogP contribution in [0.1, 0.15) is 26.7 Å². The molecule has 0 bridgehead atoms. The van der Waals surface area contributed by atoms with Crippen molar-refractivity contribution in [2.75, 3.05) is 0 Å². The van der Waals surface area contributed by atoms with Crippen molar-refractivity contribution in [1.29, 1.82) is 0 Å². The first-order valence-electron chi connectivity index (χ1n) is 7.28. The number of nitrogens with zero attached hydrogens (tertiary/aromatic N) is 1. The number of thioether (sulfide) groups is 1. The summed E-state index contributed by atoms with van der Waals surface area (Å²) in [5.74, 6) is -8.72. The molecule has 0 spiro atoms. The summed E-state index contributed by atoms with van der Waals surface area (Å²) in [5, 5.41) is 0.169. The van der Waals surface area contributed by atoms with Crippen molar-refractivity contribution in [3.63, 3.8) is 0 Å². The maximum absolute atomic E-state index is 15.2. The topological polar surface area (TPSA) is 12.9 Å². The Hall–Kier alpha value is 0.380. The quantitative estimate of drug-likeness (QED) is 0.263. The molecule has 0 amide bonds. The van der Waals surface area contributed by atoms with Crippen LogP contribution in [0.5, 0.6) is 0 Å². The highest BCUT2D eigenvalue weighted by atomic mass is 35.5. The lowest BCUT2D eigenvalue weighted by Gasteiger charge is -2.46. The van der Waals surface area contributed by atoms with Crippen molar-refractivity contribution in [3.8, 4) is 0 Å². The predicted octanol–water partition coefficient (Wildman–Crippen LogP) is 7.19. The molecule has 10 heteroatoms. The Kier molecular flexibility index (Phi) is 5.87. The number of pyridine rings is 1. The zero-order valence-electron chi connectivity index (χ0n) is 13.2. The van der Waals surface area contributed by atoms with Gasteiger partial charge in [0.25, 0.3) is 11.8 Å². The van der Waals surface area contributed by atoms with Crippen molar-refractivity contribution in [3.05, 3.63) is 24.4 Å². The minimum absolute atomic E-state index is 0.169. The number of hydrogen-bond donors (Lipinski definition) is 0. The van der Waals surface area contributed by atoms with Gasteiger partial charge in [-0.15, -0.1) is 0 Å². The van der Waals surface area contributed by atoms with Gasteiger partial charge in [-0.3, -0.25) is 0 Å². The lowest BCUT2D eigenvalue weighted by molar-refractivity contribution is -0.134. The van der Waals surface area contributed by atoms with Crippen LogP contribution in [0.15, 0.2) is 29.4 Å². The molecule has 1 atom stereocenters. The molecular formula is C15H15Cl4F4NS. The number of rotatable bonds is 5. The van der Waals surface area contributed by atoms with Gasteiger partial charge >= 0.3 is 0 Å². The third-order valence-corrected chi connectivity index (χ3v) is 7.57. The highest BCUT2D eigenvalue weighted by Gasteiger charge is 2.72. The van der Waals surface area contributed by atoms with Gasteiger partial charge in [0.15, 0.2) is 4.33 Å². The third-order valence-electron chi connectivity index (χ3n) is 4.59. The molecule has 1 saturated carbocycles. The normalized spacial score (nSPS) is 23.7. The summed E-state index contributed by atoms with van der Waals surface area (Å²) >= 11 is 23.9. The molecule has 1 aromatic rings. The average Bonchev–Trinajstić information content (AvgIpc) is 2.68. The second-order valence-corrected chi connectivity index (χ2v) is 10.9. The van der Waals surface area contributed by atoms with Crippen LogP contribution in [0.2, 0.25) is 0 Å². The monoisotopic (exact) mass is 457 g/mol. The number of halogens is 8. The summed E-state index contributed by atoms with van der Waals surface area (Å²) in [6.07, 6.45) is 0.436. The predicted molar refractivity (Wildman–Crippen MR) is 95.4 cm³/mol. The van der Waals surface area contributed by atoms with E-state index in [1.54, 1.807) is 12.1 Å². The van der Waals surface area contributed by atoms with Crippen molar-refractivity contribution in [2.45, 2.75) is 51.6 Å². The van der Waals surface area contributed by atoms with Crippen LogP contribution in [0.3, 0.4) is 0 Å². The number of alkyl halides is 8. The highest BCUT2D eigenvalue weighted by Crippen LogP contribution is 2.67. The Morgan fingerprint density at radius 3 is 2.24 bits per heavy atom. The van der Waals surface area contributed by atoms with Crippen molar-refractivity contribution < 1.29 is 17.6 Å². The smallest absolute Gasteiger partial charge is 0.250 e. The van der Waals surface area contributed by atoms with Crippen molar-refractivity contribution in [1.82, 2.24) is 4.98 Å². The summed E-state index contributed by atoms with van der Waals surface area (Å²) in [7, 11) is 0. The van der Waals surface area contributed by atoms with E-state index in [1.807, 2.05) is 0 Å². The molecule has 142 valence electrons. The summed E-state index contributed by atoms with van der Waals surface area (Å²) in [6, 6.07) is 4.65. The van der Waals surface area contributed by atoms with Crippen LogP contribution < -0.4 is 0 Å². The first-order chi connectivity index (χ1) is 11.2. The fourth-order valence-corrected chi connectivity index (χ4v) is 5.77. The molecule has 1 unspecified atom stereocenters. The van der Waals surface area contributed by atoms with Gasteiger partial charge in [-0.25, -0.2) is 22.5 Å². The largest absolute Gasteiger partial charge is 0.295 e. The van der Waals surface area contributed by atoms with E-state index in [0.717, 1.165) is 13.8 Å². The summed E-state index contributed by atoms with van der Waals surface area (Å²) < 4.78 is 53.1. The van der Waals surface area contributed by atoms with Gasteiger partial charge in [0.2, 0.25) is 3.67 Å². The lowest BCUT2D eigenvalue weighted by Crippen LogP contribution is -2.56. The molecule has 1 aliphatic rings. The maximum Gasteiger partial charge on any atom is 0.295 e. The number of hydrogen-bond acceptors (Lipinski definition) is 2. The van der Waals surface area contributed by atoms with E-state index in [1.165, 1.54) is 12.3 Å². The molecule has 0 aliphatic heterocycles. The fourth-order valence-electron chi connectivity index (χ4n) is 2.94. The van der Waals surface area contributed by atoms with E-state index in [2.05, 4.69) is 4.98 Å². The SMILES string of the molecule is CC(C)(C1CCC(F)(F)C1(Cl)Cl)C(F)(F)C(Cl)(Cl)Sc1ccccn1. The van der Waals surface area contributed by atoms with Gasteiger partial charge in [0.1, 0.15) is 0 Å². The molecule has 1 aromatic heterocycles. The Labute approximate surface area is 167 Å². The first kappa shape index (κ1) is 21.7. The molecule has 0 aromatic carbocycles. The third kappa shape index (κ3) is 3.58. The minimum Gasteiger partial charge on any atom is -0.250 e. The standard InChI is InChI=1S/C15H15Cl4F4NS/c1-11(2,9-6-7-12(20,21)13(9,16)17)14(22,23)15(18,19)25-10-5-3-4-8-24-10/h3-5,8-9H,6-7H2,1-2H3. The average molecular weight is 459 g/mol.